The predicted octanol–water partition coefficient (Wildman–Crippen LogP) is 2.36. The molecule has 4 rings (SSSR count). The summed E-state index contributed by atoms with van der Waals surface area (Å²) in [5.74, 6) is 0.360. The maximum atomic E-state index is 13.0. The number of hydrogen-bond acceptors (Lipinski definition) is 6. The second-order valence-electron chi connectivity index (χ2n) is 7.51. The number of amides is 1. The smallest absolute Gasteiger partial charge is 0.271 e. The monoisotopic (exact) mass is 487 g/mol. The average molecular weight is 488 g/mol. The molecule has 33 heavy (non-hydrogen) atoms. The van der Waals surface area contributed by atoms with Crippen molar-refractivity contribution < 1.29 is 13.2 Å². The summed E-state index contributed by atoms with van der Waals surface area (Å²) in [6.45, 7) is 2.79. The maximum Gasteiger partial charge on any atom is 0.271 e. The third-order valence-electron chi connectivity index (χ3n) is 5.23. The van der Waals surface area contributed by atoms with Crippen LogP contribution >= 0.6 is 11.6 Å². The van der Waals surface area contributed by atoms with E-state index in [9.17, 15) is 18.0 Å². The quantitative estimate of drug-likeness (QED) is 0.592. The van der Waals surface area contributed by atoms with E-state index in [0.717, 1.165) is 0 Å². The fourth-order valence-corrected chi connectivity index (χ4v) is 5.11. The van der Waals surface area contributed by atoms with Crippen LogP contribution in [0.5, 0.6) is 0 Å². The summed E-state index contributed by atoms with van der Waals surface area (Å²) in [6, 6.07) is 16.0. The fraction of sp³-hybridized carbons (Fsp3) is 0.227. The van der Waals surface area contributed by atoms with Crippen LogP contribution in [-0.2, 0) is 14.8 Å². The van der Waals surface area contributed by atoms with E-state index in [1.54, 1.807) is 42.5 Å². The molecule has 2 aromatic carbocycles. The topological polar surface area (TPSA) is 105 Å². The Hall–Kier alpha value is -3.21. The molecule has 11 heteroatoms. The molecular formula is C22H22ClN5O4S. The highest BCUT2D eigenvalue weighted by molar-refractivity contribution is 7.89. The van der Waals surface area contributed by atoms with Gasteiger partial charge in [0, 0.05) is 49.9 Å². The van der Waals surface area contributed by atoms with Gasteiger partial charge in [0.05, 0.1) is 10.6 Å². The van der Waals surface area contributed by atoms with Gasteiger partial charge in [-0.3, -0.25) is 9.59 Å². The van der Waals surface area contributed by atoms with Gasteiger partial charge in [0.1, 0.15) is 5.82 Å². The summed E-state index contributed by atoms with van der Waals surface area (Å²) in [5, 5.41) is 7.64. The Balaban J connectivity index is 1.47. The number of sulfonamides is 1. The minimum Gasteiger partial charge on any atom is -0.353 e. The van der Waals surface area contributed by atoms with Gasteiger partial charge in [0.25, 0.3) is 5.56 Å². The Labute approximate surface area is 196 Å². The Morgan fingerprint density at radius 2 is 1.58 bits per heavy atom. The zero-order valence-corrected chi connectivity index (χ0v) is 19.4. The second kappa shape index (κ2) is 9.34. The maximum absolute atomic E-state index is 13.0. The lowest BCUT2D eigenvalue weighted by molar-refractivity contribution is -0.114. The summed E-state index contributed by atoms with van der Waals surface area (Å²) in [6.07, 6.45) is 0. The number of benzene rings is 2. The highest BCUT2D eigenvalue weighted by Gasteiger charge is 2.29. The molecule has 0 atom stereocenters. The number of nitrogens with zero attached hydrogens (tertiary/aromatic N) is 4. The number of nitrogens with one attached hydrogen (secondary N) is 1. The van der Waals surface area contributed by atoms with E-state index in [0.29, 0.717) is 35.3 Å². The van der Waals surface area contributed by atoms with Gasteiger partial charge in [-0.25, -0.2) is 8.42 Å². The molecule has 1 aliphatic heterocycles. The van der Waals surface area contributed by atoms with Crippen molar-refractivity contribution in [1.29, 1.82) is 0 Å². The number of carbonyl (C=O) groups is 1. The van der Waals surface area contributed by atoms with E-state index in [1.807, 2.05) is 4.90 Å². The molecule has 1 fully saturated rings. The van der Waals surface area contributed by atoms with E-state index in [2.05, 4.69) is 10.4 Å². The number of anilines is 2. The fourth-order valence-electron chi connectivity index (χ4n) is 3.56. The highest BCUT2D eigenvalue weighted by Crippen LogP contribution is 2.22. The number of rotatable bonds is 5. The molecule has 9 nitrogen and oxygen atoms in total. The van der Waals surface area contributed by atoms with Crippen LogP contribution in [0.1, 0.15) is 6.92 Å². The van der Waals surface area contributed by atoms with Crippen LogP contribution in [0.25, 0.3) is 5.69 Å². The van der Waals surface area contributed by atoms with Crippen molar-refractivity contribution in [2.45, 2.75) is 11.8 Å². The molecule has 0 unspecified atom stereocenters. The van der Waals surface area contributed by atoms with Crippen LogP contribution in [0.3, 0.4) is 0 Å². The zero-order chi connectivity index (χ0) is 23.6. The van der Waals surface area contributed by atoms with Crippen molar-refractivity contribution in [1.82, 2.24) is 14.1 Å². The molecule has 0 saturated carbocycles. The third kappa shape index (κ3) is 5.08. The lowest BCUT2D eigenvalue weighted by Crippen LogP contribution is -2.49. The molecular weight excluding hydrogens is 466 g/mol. The molecule has 1 N–H and O–H groups in total. The van der Waals surface area contributed by atoms with Crippen LogP contribution in [0, 0.1) is 0 Å². The molecule has 1 aliphatic rings. The standard InChI is InChI=1S/C22H22ClN5O4S/c1-16(29)24-18-4-8-20(9-5-18)33(31,32)27-14-12-26(13-15-27)21-10-11-22(30)28(25-21)19-6-2-17(23)3-7-19/h2-11H,12-15H2,1H3,(H,24,29). The van der Waals surface area contributed by atoms with Gasteiger partial charge >= 0.3 is 0 Å². The summed E-state index contributed by atoms with van der Waals surface area (Å²) < 4.78 is 28.8. The first-order valence-corrected chi connectivity index (χ1v) is 12.0. The molecule has 1 aromatic heterocycles. The van der Waals surface area contributed by atoms with Crippen molar-refractivity contribution in [2.75, 3.05) is 36.4 Å². The van der Waals surface area contributed by atoms with E-state index in [-0.39, 0.29) is 29.5 Å². The minimum atomic E-state index is -3.67. The summed E-state index contributed by atoms with van der Waals surface area (Å²) >= 11 is 5.93. The van der Waals surface area contributed by atoms with Crippen LogP contribution in [0.4, 0.5) is 11.5 Å². The Morgan fingerprint density at radius 1 is 0.939 bits per heavy atom. The van der Waals surface area contributed by atoms with Crippen molar-refractivity contribution >= 4 is 39.0 Å². The van der Waals surface area contributed by atoms with Gasteiger partial charge in [-0.1, -0.05) is 11.6 Å². The van der Waals surface area contributed by atoms with Gasteiger partial charge in [-0.15, -0.1) is 5.10 Å². The van der Waals surface area contributed by atoms with Gasteiger partial charge in [0.2, 0.25) is 15.9 Å². The normalized spacial score (nSPS) is 14.8. The third-order valence-corrected chi connectivity index (χ3v) is 7.40. The van der Waals surface area contributed by atoms with Gasteiger partial charge < -0.3 is 10.2 Å². The van der Waals surface area contributed by atoms with Gasteiger partial charge in [0.15, 0.2) is 0 Å². The lowest BCUT2D eigenvalue weighted by Gasteiger charge is -2.34. The van der Waals surface area contributed by atoms with Crippen molar-refractivity contribution in [3.05, 3.63) is 76.0 Å². The van der Waals surface area contributed by atoms with Gasteiger partial charge in [-0.05, 0) is 54.6 Å². The van der Waals surface area contributed by atoms with Crippen LogP contribution in [0.2, 0.25) is 5.02 Å². The highest BCUT2D eigenvalue weighted by atomic mass is 35.5. The molecule has 3 aromatic rings. The Bertz CT molecular complexity index is 1320. The Kier molecular flexibility index (Phi) is 6.50. The number of hydrogen-bond donors (Lipinski definition) is 1. The number of aromatic nitrogens is 2. The van der Waals surface area contributed by atoms with E-state index < -0.39 is 10.0 Å². The van der Waals surface area contributed by atoms with Crippen LogP contribution < -0.4 is 15.8 Å². The second-order valence-corrected chi connectivity index (χ2v) is 9.89. The number of carbonyl (C=O) groups excluding carboxylic acids is 1. The van der Waals surface area contributed by atoms with Crippen LogP contribution in [-0.4, -0.2) is 54.6 Å². The van der Waals surface area contributed by atoms with Crippen molar-refractivity contribution in [3.63, 3.8) is 0 Å². The number of piperazine rings is 1. The van der Waals surface area contributed by atoms with E-state index in [4.69, 9.17) is 11.6 Å². The first-order chi connectivity index (χ1) is 15.7. The zero-order valence-electron chi connectivity index (χ0n) is 17.8. The van der Waals surface area contributed by atoms with E-state index >= 15 is 0 Å². The molecule has 0 aliphatic carbocycles. The largest absolute Gasteiger partial charge is 0.353 e. The number of halogens is 1. The summed E-state index contributed by atoms with van der Waals surface area (Å²) in [5.41, 5.74) is 0.855. The lowest BCUT2D eigenvalue weighted by atomic mass is 10.3. The van der Waals surface area contributed by atoms with Crippen molar-refractivity contribution in [2.24, 2.45) is 0 Å². The Morgan fingerprint density at radius 3 is 2.18 bits per heavy atom. The molecule has 2 heterocycles. The SMILES string of the molecule is CC(=O)Nc1ccc(S(=O)(=O)N2CCN(c3ccc(=O)n(-c4ccc(Cl)cc4)n3)CC2)cc1. The van der Waals surface area contributed by atoms with Gasteiger partial charge in [-0.2, -0.15) is 8.99 Å². The first-order valence-electron chi connectivity index (χ1n) is 10.2. The summed E-state index contributed by atoms with van der Waals surface area (Å²) in [4.78, 5) is 25.6. The average Bonchev–Trinajstić information content (AvgIpc) is 2.80. The minimum absolute atomic E-state index is 0.166. The first kappa shape index (κ1) is 23.0. The van der Waals surface area contributed by atoms with Crippen LogP contribution in [0.15, 0.2) is 70.4 Å². The molecule has 1 saturated heterocycles. The molecule has 0 spiro atoms. The van der Waals surface area contributed by atoms with Crippen molar-refractivity contribution in [3.8, 4) is 5.69 Å². The molecule has 1 amide bonds. The molecule has 172 valence electrons. The summed E-state index contributed by atoms with van der Waals surface area (Å²) in [7, 11) is -3.67. The molecule has 0 radical (unpaired) electrons. The van der Waals surface area contributed by atoms with E-state index in [1.165, 1.54) is 34.1 Å². The molecule has 0 bridgehead atoms. The predicted molar refractivity (Wildman–Crippen MR) is 127 cm³/mol.